The van der Waals surface area contributed by atoms with Crippen LogP contribution in [0.1, 0.15) is 32.1 Å². The predicted molar refractivity (Wildman–Crippen MR) is 113 cm³/mol. The van der Waals surface area contributed by atoms with E-state index in [9.17, 15) is 14.4 Å². The van der Waals surface area contributed by atoms with Gasteiger partial charge in [-0.1, -0.05) is 43.2 Å². The van der Waals surface area contributed by atoms with Gasteiger partial charge in [-0.2, -0.15) is 0 Å². The van der Waals surface area contributed by atoms with E-state index in [0.717, 1.165) is 35.5 Å². The number of imidazole rings is 1. The van der Waals surface area contributed by atoms with Gasteiger partial charge in [0.15, 0.2) is 5.16 Å². The number of fused-ring (bicyclic) bond motifs is 1. The van der Waals surface area contributed by atoms with E-state index in [1.807, 2.05) is 28.8 Å². The minimum atomic E-state index is -0.889. The summed E-state index contributed by atoms with van der Waals surface area (Å²) in [6, 6.07) is 7.82. The standard InChI is InChI=1S/C21H26N4O4S/c1-29-12-11-24-16-8-4-3-7-15(16)22-20(24)30-14-18(27)25-13-17(26)23-19(28)21(25)9-5-2-6-10-21/h3-4,7-8H,2,5-6,9-14H2,1H3,(H,23,26,28). The second-order valence-corrected chi connectivity index (χ2v) is 8.71. The Morgan fingerprint density at radius 3 is 2.77 bits per heavy atom. The third kappa shape index (κ3) is 3.83. The van der Waals surface area contributed by atoms with Crippen molar-refractivity contribution in [2.75, 3.05) is 26.0 Å². The van der Waals surface area contributed by atoms with E-state index in [1.165, 1.54) is 16.7 Å². The summed E-state index contributed by atoms with van der Waals surface area (Å²) >= 11 is 1.34. The molecule has 1 aromatic carbocycles. The number of benzene rings is 1. The third-order valence-corrected chi connectivity index (χ3v) is 6.90. The summed E-state index contributed by atoms with van der Waals surface area (Å²) in [7, 11) is 1.65. The number of para-hydroxylation sites is 2. The smallest absolute Gasteiger partial charge is 0.252 e. The van der Waals surface area contributed by atoms with Crippen LogP contribution in [0.2, 0.25) is 0 Å². The minimum Gasteiger partial charge on any atom is -0.383 e. The monoisotopic (exact) mass is 430 g/mol. The van der Waals surface area contributed by atoms with Gasteiger partial charge < -0.3 is 14.2 Å². The van der Waals surface area contributed by atoms with Gasteiger partial charge in [-0.15, -0.1) is 0 Å². The molecule has 2 fully saturated rings. The van der Waals surface area contributed by atoms with Crippen molar-refractivity contribution in [1.29, 1.82) is 0 Å². The zero-order valence-electron chi connectivity index (χ0n) is 17.1. The highest BCUT2D eigenvalue weighted by Crippen LogP contribution is 2.36. The molecule has 1 N–H and O–H groups in total. The van der Waals surface area contributed by atoms with E-state index >= 15 is 0 Å². The van der Waals surface area contributed by atoms with Gasteiger partial charge in [-0.3, -0.25) is 19.7 Å². The molecule has 160 valence electrons. The van der Waals surface area contributed by atoms with Crippen LogP contribution in [-0.4, -0.2) is 63.7 Å². The number of piperazine rings is 1. The second-order valence-electron chi connectivity index (χ2n) is 7.77. The molecule has 2 heterocycles. The average Bonchev–Trinajstić information content (AvgIpc) is 3.11. The molecule has 0 radical (unpaired) electrons. The van der Waals surface area contributed by atoms with Crippen LogP contribution in [-0.2, 0) is 25.7 Å². The molecule has 30 heavy (non-hydrogen) atoms. The first-order valence-electron chi connectivity index (χ1n) is 10.3. The Morgan fingerprint density at radius 1 is 1.23 bits per heavy atom. The molecule has 0 bridgehead atoms. The number of aromatic nitrogens is 2. The van der Waals surface area contributed by atoms with Gasteiger partial charge in [0.1, 0.15) is 12.1 Å². The van der Waals surface area contributed by atoms with Crippen molar-refractivity contribution < 1.29 is 19.1 Å². The lowest BCUT2D eigenvalue weighted by Gasteiger charge is -2.47. The quantitative estimate of drug-likeness (QED) is 0.556. The molecule has 2 aromatic rings. The number of amides is 3. The molecule has 8 nitrogen and oxygen atoms in total. The summed E-state index contributed by atoms with van der Waals surface area (Å²) in [6.07, 6.45) is 4.02. The van der Waals surface area contributed by atoms with Crippen LogP contribution in [0.25, 0.3) is 11.0 Å². The molecule has 3 amide bonds. The Bertz CT molecular complexity index is 967. The van der Waals surface area contributed by atoms with Crippen molar-refractivity contribution in [3.63, 3.8) is 0 Å². The lowest BCUT2D eigenvalue weighted by Crippen LogP contribution is -2.69. The van der Waals surface area contributed by atoms with Crippen molar-refractivity contribution in [2.45, 2.75) is 49.3 Å². The molecule has 1 saturated carbocycles. The molecular formula is C21H26N4O4S. The molecular weight excluding hydrogens is 404 g/mol. The highest BCUT2D eigenvalue weighted by atomic mass is 32.2. The number of carbonyl (C=O) groups is 3. The number of imide groups is 1. The topological polar surface area (TPSA) is 93.5 Å². The van der Waals surface area contributed by atoms with Gasteiger partial charge in [0.05, 0.1) is 23.4 Å². The Kier molecular flexibility index (Phi) is 6.10. The Morgan fingerprint density at radius 2 is 2.00 bits per heavy atom. The average molecular weight is 431 g/mol. The number of carbonyl (C=O) groups excluding carboxylic acids is 3. The molecule has 9 heteroatoms. The highest BCUT2D eigenvalue weighted by Gasteiger charge is 2.50. The molecule has 0 unspecified atom stereocenters. The van der Waals surface area contributed by atoms with Gasteiger partial charge in [0.25, 0.3) is 5.91 Å². The Hall–Kier alpha value is -2.39. The fourth-order valence-corrected chi connectivity index (χ4v) is 5.34. The van der Waals surface area contributed by atoms with Crippen LogP contribution >= 0.6 is 11.8 Å². The van der Waals surface area contributed by atoms with Crippen LogP contribution in [0, 0.1) is 0 Å². The third-order valence-electron chi connectivity index (χ3n) is 5.94. The number of rotatable bonds is 6. The zero-order chi connectivity index (χ0) is 21.1. The Labute approximate surface area is 179 Å². The molecule has 1 spiro atoms. The van der Waals surface area contributed by atoms with Gasteiger partial charge in [0, 0.05) is 13.7 Å². The van der Waals surface area contributed by atoms with Crippen LogP contribution in [0.5, 0.6) is 0 Å². The number of hydrogen-bond acceptors (Lipinski definition) is 6. The largest absolute Gasteiger partial charge is 0.383 e. The maximum absolute atomic E-state index is 13.2. The fourth-order valence-electron chi connectivity index (χ4n) is 4.43. The van der Waals surface area contributed by atoms with Crippen molar-refractivity contribution in [3.8, 4) is 0 Å². The molecule has 1 aromatic heterocycles. The molecule has 1 saturated heterocycles. The number of methoxy groups -OCH3 is 1. The summed E-state index contributed by atoms with van der Waals surface area (Å²) in [5.74, 6) is -0.819. The number of thioether (sulfide) groups is 1. The van der Waals surface area contributed by atoms with Gasteiger partial charge in [-0.25, -0.2) is 4.98 Å². The first kappa shape index (κ1) is 20.9. The van der Waals surface area contributed by atoms with Crippen molar-refractivity contribution in [3.05, 3.63) is 24.3 Å². The van der Waals surface area contributed by atoms with Gasteiger partial charge >= 0.3 is 0 Å². The van der Waals surface area contributed by atoms with Crippen molar-refractivity contribution in [2.24, 2.45) is 0 Å². The number of nitrogens with zero attached hydrogens (tertiary/aromatic N) is 3. The fraction of sp³-hybridized carbons (Fsp3) is 0.524. The summed E-state index contributed by atoms with van der Waals surface area (Å²) in [5.41, 5.74) is 0.959. The number of hydrogen-bond donors (Lipinski definition) is 1. The normalized spacial score (nSPS) is 18.8. The van der Waals surface area contributed by atoms with E-state index in [0.29, 0.717) is 26.0 Å². The minimum absolute atomic E-state index is 0.0643. The zero-order valence-corrected chi connectivity index (χ0v) is 17.9. The van der Waals surface area contributed by atoms with Crippen molar-refractivity contribution >= 4 is 40.5 Å². The second kappa shape index (κ2) is 8.77. The van der Waals surface area contributed by atoms with Gasteiger partial charge in [-0.05, 0) is 25.0 Å². The summed E-state index contributed by atoms with van der Waals surface area (Å²) in [4.78, 5) is 44.1. The van der Waals surface area contributed by atoms with Crippen LogP contribution in [0.4, 0.5) is 0 Å². The molecule has 4 rings (SSSR count). The van der Waals surface area contributed by atoms with E-state index in [4.69, 9.17) is 4.74 Å². The molecule has 1 aliphatic carbocycles. The lowest BCUT2D eigenvalue weighted by molar-refractivity contribution is -0.158. The predicted octanol–water partition coefficient (Wildman–Crippen LogP) is 1.96. The summed E-state index contributed by atoms with van der Waals surface area (Å²) in [5, 5.41) is 3.17. The highest BCUT2D eigenvalue weighted by molar-refractivity contribution is 7.99. The maximum Gasteiger partial charge on any atom is 0.252 e. The number of ether oxygens (including phenoxy) is 1. The van der Waals surface area contributed by atoms with E-state index in [2.05, 4.69) is 10.3 Å². The van der Waals surface area contributed by atoms with Crippen molar-refractivity contribution in [1.82, 2.24) is 19.8 Å². The van der Waals surface area contributed by atoms with E-state index in [1.54, 1.807) is 7.11 Å². The first-order chi connectivity index (χ1) is 14.5. The lowest BCUT2D eigenvalue weighted by atomic mass is 9.78. The first-order valence-corrected chi connectivity index (χ1v) is 11.3. The SMILES string of the molecule is COCCn1c(SCC(=O)N2CC(=O)NC(=O)C23CCCCC3)nc2ccccc21. The molecule has 2 aliphatic rings. The number of nitrogens with one attached hydrogen (secondary N) is 1. The van der Waals surface area contributed by atoms with E-state index in [-0.39, 0.29) is 24.1 Å². The van der Waals surface area contributed by atoms with E-state index < -0.39 is 11.4 Å². The Balaban J connectivity index is 1.55. The summed E-state index contributed by atoms with van der Waals surface area (Å²) < 4.78 is 7.27. The van der Waals surface area contributed by atoms with Crippen LogP contribution in [0.3, 0.4) is 0 Å². The van der Waals surface area contributed by atoms with Crippen LogP contribution < -0.4 is 5.32 Å². The maximum atomic E-state index is 13.2. The summed E-state index contributed by atoms with van der Waals surface area (Å²) in [6.45, 7) is 1.10. The molecule has 0 atom stereocenters. The van der Waals surface area contributed by atoms with Crippen LogP contribution in [0.15, 0.2) is 29.4 Å². The molecule has 1 aliphatic heterocycles. The van der Waals surface area contributed by atoms with Gasteiger partial charge in [0.2, 0.25) is 11.8 Å².